The highest BCUT2D eigenvalue weighted by Crippen LogP contribution is 2.21. The van der Waals surface area contributed by atoms with E-state index in [2.05, 4.69) is 48.5 Å². The van der Waals surface area contributed by atoms with Gasteiger partial charge in [0.2, 0.25) is 0 Å². The fourth-order valence-corrected chi connectivity index (χ4v) is 2.05. The monoisotopic (exact) mass is 353 g/mol. The van der Waals surface area contributed by atoms with Gasteiger partial charge in [-0.05, 0) is 44.6 Å². The normalized spacial score (nSPS) is 10.8. The summed E-state index contributed by atoms with van der Waals surface area (Å²) in [5.41, 5.74) is 0. The molecular weight excluding hydrogens is 345 g/mol. The van der Waals surface area contributed by atoms with E-state index in [9.17, 15) is 0 Å². The average molecular weight is 354 g/mol. The molecule has 1 aromatic heterocycles. The van der Waals surface area contributed by atoms with Crippen molar-refractivity contribution in [3.05, 3.63) is 20.3 Å². The van der Waals surface area contributed by atoms with Gasteiger partial charge < -0.3 is 4.90 Å². The minimum atomic E-state index is 0.748. The zero-order valence-electron chi connectivity index (χ0n) is 7.33. The molecule has 0 unspecified atom stereocenters. The van der Waals surface area contributed by atoms with Crippen molar-refractivity contribution in [3.63, 3.8) is 0 Å². The first kappa shape index (κ1) is 10.9. The van der Waals surface area contributed by atoms with Gasteiger partial charge in [-0.3, -0.25) is 0 Å². The maximum Gasteiger partial charge on any atom is 0.167 e. The van der Waals surface area contributed by atoms with E-state index in [0.717, 1.165) is 13.9 Å². The lowest BCUT2D eigenvalue weighted by atomic mass is 10.5. The Balaban J connectivity index is 2.90. The molecule has 1 heterocycles. The predicted octanol–water partition coefficient (Wildman–Crippen LogP) is 2.67. The number of aromatic nitrogens is 1. The van der Waals surface area contributed by atoms with Crippen LogP contribution in [0.2, 0.25) is 0 Å². The molecule has 3 nitrogen and oxygen atoms in total. The van der Waals surface area contributed by atoms with Crippen LogP contribution >= 0.6 is 38.5 Å². The number of pyridine rings is 1. The molecule has 0 spiro atoms. The largest absolute Gasteiger partial charge is 0.369 e. The van der Waals surface area contributed by atoms with Crippen molar-refractivity contribution in [2.75, 3.05) is 14.1 Å². The molecule has 0 aromatic carbocycles. The van der Waals surface area contributed by atoms with E-state index < -0.39 is 0 Å². The SMILES string of the molecule is CN(C)C=Nc1ncc(Br)cc1I. The molecule has 0 aliphatic carbocycles. The van der Waals surface area contributed by atoms with Crippen molar-refractivity contribution in [2.45, 2.75) is 0 Å². The Morgan fingerprint density at radius 2 is 2.31 bits per heavy atom. The Kier molecular flexibility index (Phi) is 4.11. The lowest BCUT2D eigenvalue weighted by Gasteiger charge is -2.02. The maximum absolute atomic E-state index is 4.21. The Morgan fingerprint density at radius 3 is 2.85 bits per heavy atom. The van der Waals surface area contributed by atoms with E-state index in [1.165, 1.54) is 0 Å². The van der Waals surface area contributed by atoms with Crippen molar-refractivity contribution in [3.8, 4) is 0 Å². The molecule has 0 radical (unpaired) electrons. The zero-order valence-corrected chi connectivity index (χ0v) is 11.1. The van der Waals surface area contributed by atoms with Crippen LogP contribution in [-0.2, 0) is 0 Å². The first-order valence-electron chi connectivity index (χ1n) is 3.61. The third-order valence-corrected chi connectivity index (χ3v) is 2.43. The van der Waals surface area contributed by atoms with Crippen molar-refractivity contribution in [1.29, 1.82) is 0 Å². The number of hydrogen-bond donors (Lipinski definition) is 0. The van der Waals surface area contributed by atoms with Gasteiger partial charge in [0, 0.05) is 24.8 Å². The molecule has 5 heteroatoms. The molecule has 0 saturated heterocycles. The molecule has 0 amide bonds. The highest BCUT2D eigenvalue weighted by molar-refractivity contribution is 14.1. The second kappa shape index (κ2) is 4.90. The maximum atomic E-state index is 4.21. The van der Waals surface area contributed by atoms with Gasteiger partial charge in [-0.1, -0.05) is 0 Å². The summed E-state index contributed by atoms with van der Waals surface area (Å²) in [4.78, 5) is 10.3. The molecule has 0 atom stereocenters. The summed E-state index contributed by atoms with van der Waals surface area (Å²) in [6, 6.07) is 1.98. The second-order valence-corrected chi connectivity index (χ2v) is 4.75. The summed E-state index contributed by atoms with van der Waals surface area (Å²) in [7, 11) is 3.85. The van der Waals surface area contributed by atoms with E-state index in [1.54, 1.807) is 12.5 Å². The smallest absolute Gasteiger partial charge is 0.167 e. The number of hydrogen-bond acceptors (Lipinski definition) is 2. The summed E-state index contributed by atoms with van der Waals surface area (Å²) in [5.74, 6) is 0.748. The fourth-order valence-electron chi connectivity index (χ4n) is 0.673. The fraction of sp³-hybridized carbons (Fsp3) is 0.250. The standard InChI is InChI=1S/C8H9BrIN3/c1-13(2)5-12-8-7(10)3-6(9)4-11-8/h3-5H,1-2H3. The van der Waals surface area contributed by atoms with E-state index in [-0.39, 0.29) is 0 Å². The first-order valence-corrected chi connectivity index (χ1v) is 5.48. The van der Waals surface area contributed by atoms with E-state index in [1.807, 2.05) is 25.1 Å². The van der Waals surface area contributed by atoms with Gasteiger partial charge in [-0.2, -0.15) is 0 Å². The molecule has 0 aliphatic heterocycles. The Hall–Kier alpha value is -0.170. The molecule has 13 heavy (non-hydrogen) atoms. The Labute approximate surface area is 99.5 Å². The number of halogens is 2. The zero-order chi connectivity index (χ0) is 9.84. The molecule has 0 saturated carbocycles. The van der Waals surface area contributed by atoms with Gasteiger partial charge >= 0.3 is 0 Å². The van der Waals surface area contributed by atoms with Crippen LogP contribution in [-0.4, -0.2) is 30.3 Å². The van der Waals surface area contributed by atoms with Gasteiger partial charge in [-0.25, -0.2) is 9.98 Å². The van der Waals surface area contributed by atoms with Gasteiger partial charge in [0.1, 0.15) is 0 Å². The summed E-state index contributed by atoms with van der Waals surface area (Å²) in [6.45, 7) is 0. The third kappa shape index (κ3) is 3.60. The number of aliphatic imine (C=N–C) groups is 1. The molecule has 0 fully saturated rings. The van der Waals surface area contributed by atoms with Crippen molar-refractivity contribution < 1.29 is 0 Å². The third-order valence-electron chi connectivity index (χ3n) is 1.20. The van der Waals surface area contributed by atoms with Crippen LogP contribution in [0.25, 0.3) is 0 Å². The van der Waals surface area contributed by atoms with Crippen LogP contribution in [0.1, 0.15) is 0 Å². The van der Waals surface area contributed by atoms with Crippen LogP contribution in [0.3, 0.4) is 0 Å². The molecule has 1 aromatic rings. The average Bonchev–Trinajstić information content (AvgIpc) is 2.02. The summed E-state index contributed by atoms with van der Waals surface area (Å²) >= 11 is 5.55. The first-order chi connectivity index (χ1) is 6.09. The molecular formula is C8H9BrIN3. The lowest BCUT2D eigenvalue weighted by Crippen LogP contribution is -2.07. The van der Waals surface area contributed by atoms with Crippen LogP contribution in [0.15, 0.2) is 21.7 Å². The van der Waals surface area contributed by atoms with Crippen LogP contribution < -0.4 is 0 Å². The Morgan fingerprint density at radius 1 is 1.62 bits per heavy atom. The van der Waals surface area contributed by atoms with Crippen LogP contribution in [0, 0.1) is 3.57 Å². The Bertz CT molecular complexity index is 325. The topological polar surface area (TPSA) is 28.5 Å². The summed E-state index contributed by atoms with van der Waals surface area (Å²) < 4.78 is 2.01. The quantitative estimate of drug-likeness (QED) is 0.464. The highest BCUT2D eigenvalue weighted by Gasteiger charge is 1.98. The van der Waals surface area contributed by atoms with E-state index in [0.29, 0.717) is 0 Å². The van der Waals surface area contributed by atoms with E-state index in [4.69, 9.17) is 0 Å². The number of nitrogens with zero attached hydrogens (tertiary/aromatic N) is 3. The molecule has 1 rings (SSSR count). The minimum Gasteiger partial charge on any atom is -0.369 e. The van der Waals surface area contributed by atoms with Crippen LogP contribution in [0.4, 0.5) is 5.82 Å². The summed E-state index contributed by atoms with van der Waals surface area (Å²) in [5, 5.41) is 0. The second-order valence-electron chi connectivity index (χ2n) is 2.67. The van der Waals surface area contributed by atoms with Gasteiger partial charge in [-0.15, -0.1) is 0 Å². The molecule has 0 N–H and O–H groups in total. The predicted molar refractivity (Wildman–Crippen MR) is 66.5 cm³/mol. The van der Waals surface area contributed by atoms with Crippen molar-refractivity contribution >= 4 is 50.7 Å². The number of rotatable bonds is 2. The van der Waals surface area contributed by atoms with Crippen LogP contribution in [0.5, 0.6) is 0 Å². The van der Waals surface area contributed by atoms with Gasteiger partial charge in [0.15, 0.2) is 5.82 Å². The van der Waals surface area contributed by atoms with Gasteiger partial charge in [0.05, 0.1) is 9.91 Å². The summed E-state index contributed by atoms with van der Waals surface area (Å²) in [6.07, 6.45) is 3.48. The highest BCUT2D eigenvalue weighted by atomic mass is 127. The van der Waals surface area contributed by atoms with Gasteiger partial charge in [0.25, 0.3) is 0 Å². The molecule has 0 aliphatic rings. The molecule has 70 valence electrons. The minimum absolute atomic E-state index is 0.748. The molecule has 0 bridgehead atoms. The lowest BCUT2D eigenvalue weighted by molar-refractivity contribution is 0.643. The van der Waals surface area contributed by atoms with Crippen molar-refractivity contribution in [1.82, 2.24) is 9.88 Å². The van der Waals surface area contributed by atoms with E-state index >= 15 is 0 Å². The van der Waals surface area contributed by atoms with Crippen molar-refractivity contribution in [2.24, 2.45) is 4.99 Å².